The van der Waals surface area contributed by atoms with Crippen molar-refractivity contribution < 1.29 is 0 Å². The van der Waals surface area contributed by atoms with Crippen LogP contribution in [0.3, 0.4) is 0 Å². The SMILES string of the molecule is CC1(c2cncn2-c2ccc3c(c2)CCC3)CCNC1. The van der Waals surface area contributed by atoms with E-state index in [1.54, 1.807) is 0 Å². The molecule has 1 aliphatic carbocycles. The van der Waals surface area contributed by atoms with Crippen LogP contribution in [0.25, 0.3) is 5.69 Å². The summed E-state index contributed by atoms with van der Waals surface area (Å²) < 4.78 is 2.28. The summed E-state index contributed by atoms with van der Waals surface area (Å²) in [5.41, 5.74) is 5.86. The maximum atomic E-state index is 4.42. The van der Waals surface area contributed by atoms with Crippen LogP contribution in [0.5, 0.6) is 0 Å². The number of nitrogens with zero attached hydrogens (tertiary/aromatic N) is 2. The van der Waals surface area contributed by atoms with Crippen LogP contribution < -0.4 is 5.32 Å². The molecule has 3 heteroatoms. The van der Waals surface area contributed by atoms with E-state index in [0.29, 0.717) is 0 Å². The number of imidazole rings is 1. The first kappa shape index (κ1) is 12.2. The number of aromatic nitrogens is 2. The normalized spacial score (nSPS) is 25.1. The van der Waals surface area contributed by atoms with Crippen molar-refractivity contribution in [3.8, 4) is 5.69 Å². The first-order valence-corrected chi connectivity index (χ1v) is 7.62. The molecule has 4 rings (SSSR count). The summed E-state index contributed by atoms with van der Waals surface area (Å²) >= 11 is 0. The van der Waals surface area contributed by atoms with Crippen LogP contribution in [-0.2, 0) is 18.3 Å². The number of hydrogen-bond acceptors (Lipinski definition) is 2. The highest BCUT2D eigenvalue weighted by atomic mass is 15.1. The quantitative estimate of drug-likeness (QED) is 0.906. The van der Waals surface area contributed by atoms with Crippen LogP contribution >= 0.6 is 0 Å². The molecule has 1 saturated heterocycles. The molecule has 0 amide bonds. The van der Waals surface area contributed by atoms with Gasteiger partial charge in [0.25, 0.3) is 0 Å². The minimum atomic E-state index is 0.204. The van der Waals surface area contributed by atoms with Gasteiger partial charge in [-0.05, 0) is 55.5 Å². The van der Waals surface area contributed by atoms with Crippen molar-refractivity contribution in [2.45, 2.75) is 38.0 Å². The third-order valence-corrected chi connectivity index (χ3v) is 4.99. The summed E-state index contributed by atoms with van der Waals surface area (Å²) in [6, 6.07) is 6.91. The Balaban J connectivity index is 1.78. The fourth-order valence-electron chi connectivity index (χ4n) is 3.69. The molecule has 0 spiro atoms. The van der Waals surface area contributed by atoms with Gasteiger partial charge in [-0.15, -0.1) is 0 Å². The second-order valence-corrected chi connectivity index (χ2v) is 6.44. The number of aryl methyl sites for hydroxylation is 2. The third-order valence-electron chi connectivity index (χ3n) is 4.99. The predicted molar refractivity (Wildman–Crippen MR) is 80.4 cm³/mol. The predicted octanol–water partition coefficient (Wildman–Crippen LogP) is 2.61. The van der Waals surface area contributed by atoms with E-state index in [4.69, 9.17) is 0 Å². The molecule has 2 aliphatic rings. The molecular formula is C17H21N3. The molecule has 3 nitrogen and oxygen atoms in total. The monoisotopic (exact) mass is 267 g/mol. The molecular weight excluding hydrogens is 246 g/mol. The van der Waals surface area contributed by atoms with E-state index in [0.717, 1.165) is 13.1 Å². The molecule has 1 fully saturated rings. The van der Waals surface area contributed by atoms with Gasteiger partial charge in [0, 0.05) is 29.5 Å². The van der Waals surface area contributed by atoms with Gasteiger partial charge < -0.3 is 9.88 Å². The maximum absolute atomic E-state index is 4.42. The number of rotatable bonds is 2. The van der Waals surface area contributed by atoms with Crippen LogP contribution in [-0.4, -0.2) is 22.6 Å². The first-order valence-electron chi connectivity index (χ1n) is 7.62. The standard InChI is InChI=1S/C17H21N3/c1-17(7-8-18-11-17)16-10-19-12-20(16)15-6-5-13-3-2-4-14(13)9-15/h5-6,9-10,12,18H,2-4,7-8,11H2,1H3. The highest BCUT2D eigenvalue weighted by Gasteiger charge is 2.33. The van der Waals surface area contributed by atoms with Crippen molar-refractivity contribution >= 4 is 0 Å². The zero-order valence-electron chi connectivity index (χ0n) is 12.0. The lowest BCUT2D eigenvalue weighted by atomic mass is 9.86. The molecule has 0 bridgehead atoms. The van der Waals surface area contributed by atoms with E-state index in [1.165, 1.54) is 48.2 Å². The third kappa shape index (κ3) is 1.80. The first-order chi connectivity index (χ1) is 9.76. The lowest BCUT2D eigenvalue weighted by molar-refractivity contribution is 0.499. The largest absolute Gasteiger partial charge is 0.316 e. The molecule has 2 aromatic rings. The Kier molecular flexibility index (Phi) is 2.71. The highest BCUT2D eigenvalue weighted by molar-refractivity contribution is 5.44. The summed E-state index contributed by atoms with van der Waals surface area (Å²) in [5.74, 6) is 0. The molecule has 0 saturated carbocycles. The van der Waals surface area contributed by atoms with Crippen LogP contribution in [0, 0.1) is 0 Å². The molecule has 2 heterocycles. The number of fused-ring (bicyclic) bond motifs is 1. The van der Waals surface area contributed by atoms with Crippen LogP contribution in [0.4, 0.5) is 0 Å². The van der Waals surface area contributed by atoms with Gasteiger partial charge in [0.05, 0.1) is 6.33 Å². The van der Waals surface area contributed by atoms with Gasteiger partial charge in [0.2, 0.25) is 0 Å². The Morgan fingerprint density at radius 3 is 3.00 bits per heavy atom. The van der Waals surface area contributed by atoms with Gasteiger partial charge in [-0.1, -0.05) is 13.0 Å². The van der Waals surface area contributed by atoms with E-state index in [1.807, 2.05) is 12.5 Å². The topological polar surface area (TPSA) is 29.9 Å². The molecule has 1 N–H and O–H groups in total. The zero-order valence-corrected chi connectivity index (χ0v) is 12.0. The lowest BCUT2D eigenvalue weighted by Crippen LogP contribution is -2.27. The molecule has 1 aromatic carbocycles. The van der Waals surface area contributed by atoms with Crippen LogP contribution in [0.2, 0.25) is 0 Å². The Morgan fingerprint density at radius 2 is 2.15 bits per heavy atom. The van der Waals surface area contributed by atoms with Crippen LogP contribution in [0.1, 0.15) is 36.6 Å². The Labute approximate surface area is 120 Å². The fraction of sp³-hybridized carbons (Fsp3) is 0.471. The summed E-state index contributed by atoms with van der Waals surface area (Å²) in [6.45, 7) is 4.49. The van der Waals surface area contributed by atoms with Crippen molar-refractivity contribution in [1.29, 1.82) is 0 Å². The second kappa shape index (κ2) is 4.45. The van der Waals surface area contributed by atoms with Gasteiger partial charge in [-0.2, -0.15) is 0 Å². The summed E-state index contributed by atoms with van der Waals surface area (Å²) in [7, 11) is 0. The number of hydrogen-bond donors (Lipinski definition) is 1. The highest BCUT2D eigenvalue weighted by Crippen LogP contribution is 2.32. The van der Waals surface area contributed by atoms with E-state index < -0.39 is 0 Å². The molecule has 1 unspecified atom stereocenters. The van der Waals surface area contributed by atoms with Crippen molar-refractivity contribution in [3.63, 3.8) is 0 Å². The molecule has 104 valence electrons. The van der Waals surface area contributed by atoms with Gasteiger partial charge in [-0.25, -0.2) is 4.98 Å². The van der Waals surface area contributed by atoms with E-state index >= 15 is 0 Å². The molecule has 20 heavy (non-hydrogen) atoms. The number of benzene rings is 1. The molecule has 1 aromatic heterocycles. The van der Waals surface area contributed by atoms with Gasteiger partial charge in [-0.3, -0.25) is 0 Å². The molecule has 0 radical (unpaired) electrons. The summed E-state index contributed by atoms with van der Waals surface area (Å²) in [5, 5.41) is 3.48. The van der Waals surface area contributed by atoms with Gasteiger partial charge in [0.1, 0.15) is 0 Å². The lowest BCUT2D eigenvalue weighted by Gasteiger charge is -2.24. The molecule has 1 atom stereocenters. The van der Waals surface area contributed by atoms with E-state index in [2.05, 4.69) is 40.0 Å². The average Bonchev–Trinajstić information content (AvgIpc) is 3.18. The van der Waals surface area contributed by atoms with Gasteiger partial charge >= 0.3 is 0 Å². The minimum Gasteiger partial charge on any atom is -0.316 e. The fourth-order valence-corrected chi connectivity index (χ4v) is 3.69. The Hall–Kier alpha value is -1.61. The van der Waals surface area contributed by atoms with Gasteiger partial charge in [0.15, 0.2) is 0 Å². The summed E-state index contributed by atoms with van der Waals surface area (Å²) in [4.78, 5) is 4.42. The van der Waals surface area contributed by atoms with E-state index in [-0.39, 0.29) is 5.41 Å². The van der Waals surface area contributed by atoms with E-state index in [9.17, 15) is 0 Å². The Bertz CT molecular complexity index is 635. The maximum Gasteiger partial charge on any atom is 0.0994 e. The van der Waals surface area contributed by atoms with Crippen molar-refractivity contribution in [2.24, 2.45) is 0 Å². The Morgan fingerprint density at radius 1 is 1.25 bits per heavy atom. The van der Waals surface area contributed by atoms with Crippen molar-refractivity contribution in [3.05, 3.63) is 47.5 Å². The summed E-state index contributed by atoms with van der Waals surface area (Å²) in [6.07, 6.45) is 8.97. The van der Waals surface area contributed by atoms with Crippen molar-refractivity contribution in [2.75, 3.05) is 13.1 Å². The smallest absolute Gasteiger partial charge is 0.0994 e. The average molecular weight is 267 g/mol. The van der Waals surface area contributed by atoms with Crippen LogP contribution in [0.15, 0.2) is 30.7 Å². The minimum absolute atomic E-state index is 0.204. The zero-order chi connectivity index (χ0) is 13.6. The van der Waals surface area contributed by atoms with Crippen molar-refractivity contribution in [1.82, 2.24) is 14.9 Å². The number of nitrogens with one attached hydrogen (secondary N) is 1. The molecule has 1 aliphatic heterocycles. The second-order valence-electron chi connectivity index (χ2n) is 6.44.